The third-order valence-electron chi connectivity index (χ3n) is 2.93. The fraction of sp³-hybridized carbons (Fsp3) is 0.700. The molecule has 2 heterocycles. The van der Waals surface area contributed by atoms with Crippen molar-refractivity contribution in [1.29, 1.82) is 0 Å². The number of nitrogens with zero attached hydrogens (tertiary/aromatic N) is 2. The van der Waals surface area contributed by atoms with Crippen LogP contribution in [0.1, 0.15) is 17.2 Å². The van der Waals surface area contributed by atoms with E-state index in [4.69, 9.17) is 0 Å². The zero-order valence-corrected chi connectivity index (χ0v) is 9.95. The molecule has 0 fully saturated rings. The second-order valence-electron chi connectivity index (χ2n) is 4.40. The molecule has 3 nitrogen and oxygen atoms in total. The Hall–Kier alpha value is -1.32. The molecule has 10 heteroatoms. The monoisotopic (exact) mass is 305 g/mol. The number of hydrogen-bond donors (Lipinski definition) is 1. The van der Waals surface area contributed by atoms with Gasteiger partial charge in [0.2, 0.25) is 5.82 Å². The van der Waals surface area contributed by atoms with Gasteiger partial charge in [0.1, 0.15) is 0 Å². The molecule has 1 aliphatic heterocycles. The van der Waals surface area contributed by atoms with Gasteiger partial charge in [0, 0.05) is 25.2 Å². The lowest BCUT2D eigenvalue weighted by atomic mass is 10.2. The van der Waals surface area contributed by atoms with Crippen LogP contribution in [-0.4, -0.2) is 28.4 Å². The minimum atomic E-state index is -4.98. The highest BCUT2D eigenvalue weighted by Crippen LogP contribution is 2.34. The van der Waals surface area contributed by atoms with E-state index in [0.717, 1.165) is 0 Å². The highest BCUT2D eigenvalue weighted by atomic mass is 19.4. The second kappa shape index (κ2) is 4.90. The van der Waals surface area contributed by atoms with Crippen molar-refractivity contribution in [2.24, 2.45) is 0 Å². The maximum absolute atomic E-state index is 13.1. The van der Waals surface area contributed by atoms with Crippen LogP contribution >= 0.6 is 0 Å². The van der Waals surface area contributed by atoms with Crippen LogP contribution in [0.25, 0.3) is 0 Å². The molecule has 0 saturated heterocycles. The first-order valence-corrected chi connectivity index (χ1v) is 5.65. The van der Waals surface area contributed by atoms with E-state index in [1.807, 2.05) is 0 Å². The molecule has 0 unspecified atom stereocenters. The topological polar surface area (TPSA) is 29.9 Å². The van der Waals surface area contributed by atoms with Gasteiger partial charge in [-0.05, 0) is 0 Å². The van der Waals surface area contributed by atoms with Crippen LogP contribution in [0.3, 0.4) is 0 Å². The summed E-state index contributed by atoms with van der Waals surface area (Å²) in [6.07, 6.45) is -8.99. The number of hydrogen-bond acceptors (Lipinski definition) is 2. The number of aromatic nitrogens is 2. The summed E-state index contributed by atoms with van der Waals surface area (Å²) in [5, 5.41) is 2.74. The first-order valence-electron chi connectivity index (χ1n) is 5.65. The summed E-state index contributed by atoms with van der Waals surface area (Å²) in [6.45, 7) is -1.47. The molecule has 2 rings (SSSR count). The largest absolute Gasteiger partial charge is 0.449 e. The fourth-order valence-corrected chi connectivity index (χ4v) is 2.04. The lowest BCUT2D eigenvalue weighted by Crippen LogP contribution is -2.35. The normalized spacial score (nSPS) is 16.6. The maximum atomic E-state index is 13.1. The molecule has 0 spiro atoms. The Balaban J connectivity index is 2.47. The van der Waals surface area contributed by atoms with Crippen LogP contribution < -0.4 is 5.32 Å². The third-order valence-corrected chi connectivity index (χ3v) is 2.93. The van der Waals surface area contributed by atoms with E-state index in [2.05, 4.69) is 10.3 Å². The van der Waals surface area contributed by atoms with Crippen LogP contribution in [-0.2, 0) is 25.7 Å². The molecule has 1 aliphatic rings. The first-order chi connectivity index (χ1) is 9.13. The summed E-state index contributed by atoms with van der Waals surface area (Å²) in [5.41, 5.74) is -0.106. The van der Waals surface area contributed by atoms with Gasteiger partial charge < -0.3 is 9.88 Å². The van der Waals surface area contributed by atoms with E-state index in [1.54, 1.807) is 0 Å². The van der Waals surface area contributed by atoms with Gasteiger partial charge in [-0.1, -0.05) is 0 Å². The summed E-state index contributed by atoms with van der Waals surface area (Å²) >= 11 is 0. The molecule has 0 bridgehead atoms. The van der Waals surface area contributed by atoms with Gasteiger partial charge in [0.05, 0.1) is 12.2 Å². The Morgan fingerprint density at radius 3 is 2.40 bits per heavy atom. The van der Waals surface area contributed by atoms with Crippen LogP contribution in [0.4, 0.5) is 30.7 Å². The Morgan fingerprint density at radius 2 is 1.85 bits per heavy atom. The average molecular weight is 305 g/mol. The molecule has 1 N–H and O–H groups in total. The fourth-order valence-electron chi connectivity index (χ4n) is 2.04. The van der Waals surface area contributed by atoms with Crippen LogP contribution in [0.15, 0.2) is 0 Å². The minimum Gasteiger partial charge on any atom is -0.318 e. The second-order valence-corrected chi connectivity index (χ2v) is 4.40. The molecule has 114 valence electrons. The lowest BCUT2D eigenvalue weighted by molar-refractivity contribution is -0.159. The van der Waals surface area contributed by atoms with Gasteiger partial charge in [-0.3, -0.25) is 0 Å². The van der Waals surface area contributed by atoms with Gasteiger partial charge in [0.15, 0.2) is 0 Å². The van der Waals surface area contributed by atoms with Gasteiger partial charge in [-0.15, -0.1) is 0 Å². The summed E-state index contributed by atoms with van der Waals surface area (Å²) in [6, 6.07) is 0. The Morgan fingerprint density at radius 1 is 1.20 bits per heavy atom. The van der Waals surface area contributed by atoms with E-state index in [-0.39, 0.29) is 35.5 Å². The van der Waals surface area contributed by atoms with E-state index < -0.39 is 30.9 Å². The molecule has 1 aromatic heterocycles. The molecule has 0 aliphatic carbocycles. The summed E-state index contributed by atoms with van der Waals surface area (Å²) in [4.78, 5) is 3.26. The van der Waals surface area contributed by atoms with Gasteiger partial charge >= 0.3 is 18.5 Å². The molecule has 1 aromatic rings. The SMILES string of the molecule is FC(F)C(F)(F)Cn1c(C(F)(F)F)nc2c1CCNC2. The zero-order chi connectivity index (χ0) is 15.1. The highest BCUT2D eigenvalue weighted by molar-refractivity contribution is 5.22. The molecule has 0 aromatic carbocycles. The van der Waals surface area contributed by atoms with Crippen LogP contribution in [0, 0.1) is 0 Å². The smallest absolute Gasteiger partial charge is 0.318 e. The van der Waals surface area contributed by atoms with Crippen molar-refractivity contribution in [2.45, 2.75) is 38.0 Å². The summed E-state index contributed by atoms with van der Waals surface area (Å²) < 4.78 is 89.0. The molecule has 20 heavy (non-hydrogen) atoms. The van der Waals surface area contributed by atoms with Gasteiger partial charge in [-0.2, -0.15) is 22.0 Å². The highest BCUT2D eigenvalue weighted by Gasteiger charge is 2.46. The Bertz CT molecular complexity index is 492. The van der Waals surface area contributed by atoms with Crippen molar-refractivity contribution in [3.63, 3.8) is 0 Å². The van der Waals surface area contributed by atoms with Gasteiger partial charge in [-0.25, -0.2) is 13.8 Å². The van der Waals surface area contributed by atoms with E-state index in [1.165, 1.54) is 0 Å². The van der Waals surface area contributed by atoms with Crippen LogP contribution in [0.5, 0.6) is 0 Å². The van der Waals surface area contributed by atoms with Crippen molar-refractivity contribution < 1.29 is 30.7 Å². The quantitative estimate of drug-likeness (QED) is 0.869. The molecular weight excluding hydrogens is 295 g/mol. The predicted octanol–water partition coefficient (Wildman–Crippen LogP) is 2.45. The summed E-state index contributed by atoms with van der Waals surface area (Å²) in [7, 11) is 0. The lowest BCUT2D eigenvalue weighted by Gasteiger charge is -2.21. The number of nitrogens with one attached hydrogen (secondary N) is 1. The Labute approximate surface area is 108 Å². The molecular formula is C10H10F7N3. The van der Waals surface area contributed by atoms with Crippen molar-refractivity contribution in [1.82, 2.24) is 14.9 Å². The predicted molar refractivity (Wildman–Crippen MR) is 53.6 cm³/mol. The van der Waals surface area contributed by atoms with E-state index in [0.29, 0.717) is 0 Å². The van der Waals surface area contributed by atoms with E-state index in [9.17, 15) is 30.7 Å². The number of rotatable bonds is 3. The Kier molecular flexibility index (Phi) is 3.69. The average Bonchev–Trinajstić information content (AvgIpc) is 2.67. The molecule has 0 amide bonds. The zero-order valence-electron chi connectivity index (χ0n) is 9.95. The number of imidazole rings is 1. The minimum absolute atomic E-state index is 0.00827. The first kappa shape index (κ1) is 15.1. The standard InChI is InChI=1S/C10H10F7N3/c11-7(12)9(13,14)4-20-6-1-2-18-3-5(6)19-8(20)10(15,16)17/h7,18H,1-4H2. The molecule has 0 atom stereocenters. The van der Waals surface area contributed by atoms with Crippen molar-refractivity contribution >= 4 is 0 Å². The maximum Gasteiger partial charge on any atom is 0.449 e. The number of halogens is 7. The van der Waals surface area contributed by atoms with Crippen molar-refractivity contribution in [3.05, 3.63) is 17.2 Å². The van der Waals surface area contributed by atoms with Crippen LogP contribution in [0.2, 0.25) is 0 Å². The number of alkyl halides is 7. The molecule has 0 saturated carbocycles. The van der Waals surface area contributed by atoms with Crippen molar-refractivity contribution in [3.8, 4) is 0 Å². The number of fused-ring (bicyclic) bond motifs is 1. The van der Waals surface area contributed by atoms with Crippen molar-refractivity contribution in [2.75, 3.05) is 6.54 Å². The molecule has 0 radical (unpaired) electrons. The van der Waals surface area contributed by atoms with Gasteiger partial charge in [0.25, 0.3) is 0 Å². The third kappa shape index (κ3) is 2.74. The van der Waals surface area contributed by atoms with E-state index >= 15 is 0 Å². The summed E-state index contributed by atoms with van der Waals surface area (Å²) in [5.74, 6) is -6.11.